The molecule has 0 saturated heterocycles. The van der Waals surface area contributed by atoms with Crippen molar-refractivity contribution in [3.8, 4) is 0 Å². The van der Waals surface area contributed by atoms with Crippen LogP contribution in [0, 0.1) is 0 Å². The quantitative estimate of drug-likeness (QED) is 0.742. The van der Waals surface area contributed by atoms with Gasteiger partial charge in [0.1, 0.15) is 0 Å². The molecule has 0 aromatic carbocycles. The second-order valence-electron chi connectivity index (χ2n) is 4.20. The Labute approximate surface area is 125 Å². The van der Waals surface area contributed by atoms with Crippen LogP contribution in [-0.2, 0) is 11.3 Å². The molecule has 1 rings (SSSR count). The minimum Gasteiger partial charge on any atom is -0.352 e. The number of halogens is 1. The van der Waals surface area contributed by atoms with Gasteiger partial charge in [0.05, 0.1) is 10.3 Å². The molecule has 0 aliphatic heterocycles. The zero-order valence-electron chi connectivity index (χ0n) is 10.8. The molecule has 0 saturated carbocycles. The number of nitrogens with one attached hydrogen (secondary N) is 1. The van der Waals surface area contributed by atoms with Crippen molar-refractivity contribution in [2.24, 2.45) is 5.73 Å². The zero-order valence-corrected chi connectivity index (χ0v) is 13.2. The second kappa shape index (κ2) is 8.16. The van der Waals surface area contributed by atoms with Gasteiger partial charge in [-0.1, -0.05) is 0 Å². The van der Waals surface area contributed by atoms with E-state index in [1.54, 1.807) is 23.3 Å². The average Bonchev–Trinajstić information content (AvgIpc) is 2.73. The number of amides is 3. The molecule has 0 unspecified atom stereocenters. The number of unbranched alkanes of at least 4 members (excludes halogenated alkanes) is 1. The molecule has 106 valence electrons. The van der Waals surface area contributed by atoms with Crippen molar-refractivity contribution in [1.29, 1.82) is 0 Å². The first-order valence-corrected chi connectivity index (χ1v) is 7.61. The third-order valence-corrected chi connectivity index (χ3v) is 4.17. The highest BCUT2D eigenvalue weighted by molar-refractivity contribution is 9.11. The van der Waals surface area contributed by atoms with Gasteiger partial charge in [0.15, 0.2) is 0 Å². The zero-order chi connectivity index (χ0) is 14.3. The Balaban J connectivity index is 2.20. The first-order chi connectivity index (χ1) is 8.99. The summed E-state index contributed by atoms with van der Waals surface area (Å²) in [6, 6.07) is 3.47. The van der Waals surface area contributed by atoms with Crippen LogP contribution in [0.1, 0.15) is 24.1 Å². The Hall–Kier alpha value is -1.08. The standard InChI is InChI=1S/C12H18BrN3O2S/c1-16(8-9-5-6-10(13)19-9)11(17)4-2-3-7-15-12(14)18/h5-6H,2-4,7-8H2,1H3,(H3,14,15,18). The van der Waals surface area contributed by atoms with E-state index in [-0.39, 0.29) is 5.91 Å². The molecule has 1 aromatic rings. The highest BCUT2D eigenvalue weighted by Crippen LogP contribution is 2.23. The lowest BCUT2D eigenvalue weighted by atomic mass is 10.2. The van der Waals surface area contributed by atoms with Gasteiger partial charge < -0.3 is 16.0 Å². The van der Waals surface area contributed by atoms with Crippen molar-refractivity contribution in [2.75, 3.05) is 13.6 Å². The van der Waals surface area contributed by atoms with E-state index in [2.05, 4.69) is 21.2 Å². The minimum absolute atomic E-state index is 0.114. The first-order valence-electron chi connectivity index (χ1n) is 6.00. The third kappa shape index (κ3) is 6.58. The van der Waals surface area contributed by atoms with Crippen LogP contribution < -0.4 is 11.1 Å². The fourth-order valence-corrected chi connectivity index (χ4v) is 3.10. The number of thiophene rings is 1. The van der Waals surface area contributed by atoms with Crippen LogP contribution in [0.15, 0.2) is 15.9 Å². The SMILES string of the molecule is CN(Cc1ccc(Br)s1)C(=O)CCCCNC(N)=O. The summed E-state index contributed by atoms with van der Waals surface area (Å²) < 4.78 is 1.07. The summed E-state index contributed by atoms with van der Waals surface area (Å²) in [6.07, 6.45) is 1.99. The number of carbonyl (C=O) groups is 2. The Morgan fingerprint density at radius 1 is 1.42 bits per heavy atom. The van der Waals surface area contributed by atoms with Crippen LogP contribution in [0.4, 0.5) is 4.79 Å². The highest BCUT2D eigenvalue weighted by Gasteiger charge is 2.10. The summed E-state index contributed by atoms with van der Waals surface area (Å²) >= 11 is 5.03. The van der Waals surface area contributed by atoms with Crippen molar-refractivity contribution in [3.05, 3.63) is 20.8 Å². The Morgan fingerprint density at radius 2 is 2.16 bits per heavy atom. The van der Waals surface area contributed by atoms with Gasteiger partial charge in [-0.25, -0.2) is 4.79 Å². The fraction of sp³-hybridized carbons (Fsp3) is 0.500. The number of nitrogens with two attached hydrogens (primary N) is 1. The minimum atomic E-state index is -0.522. The van der Waals surface area contributed by atoms with Gasteiger partial charge in [-0.3, -0.25) is 4.79 Å². The van der Waals surface area contributed by atoms with Gasteiger partial charge in [-0.15, -0.1) is 11.3 Å². The number of hydrogen-bond acceptors (Lipinski definition) is 3. The summed E-state index contributed by atoms with van der Waals surface area (Å²) in [6.45, 7) is 1.15. The van der Waals surface area contributed by atoms with Crippen molar-refractivity contribution in [2.45, 2.75) is 25.8 Å². The predicted molar refractivity (Wildman–Crippen MR) is 79.9 cm³/mol. The molecule has 0 atom stereocenters. The second-order valence-corrected chi connectivity index (χ2v) is 6.75. The average molecular weight is 348 g/mol. The van der Waals surface area contributed by atoms with E-state index in [9.17, 15) is 9.59 Å². The van der Waals surface area contributed by atoms with Crippen LogP contribution in [0.3, 0.4) is 0 Å². The Kier molecular flexibility index (Phi) is 6.86. The van der Waals surface area contributed by atoms with Gasteiger partial charge >= 0.3 is 6.03 Å². The third-order valence-electron chi connectivity index (χ3n) is 2.56. The number of primary amides is 1. The van der Waals surface area contributed by atoms with Crippen molar-refractivity contribution in [1.82, 2.24) is 10.2 Å². The number of rotatable bonds is 7. The Bertz CT molecular complexity index is 436. The smallest absolute Gasteiger partial charge is 0.312 e. The molecule has 1 aromatic heterocycles. The molecule has 5 nitrogen and oxygen atoms in total. The summed E-state index contributed by atoms with van der Waals surface area (Å²) in [5.74, 6) is 0.114. The molecule has 0 aliphatic carbocycles. The molecule has 0 spiro atoms. The monoisotopic (exact) mass is 347 g/mol. The summed E-state index contributed by atoms with van der Waals surface area (Å²) in [4.78, 5) is 25.2. The lowest BCUT2D eigenvalue weighted by Gasteiger charge is -2.16. The van der Waals surface area contributed by atoms with E-state index in [4.69, 9.17) is 5.73 Å². The molecule has 3 N–H and O–H groups in total. The Morgan fingerprint density at radius 3 is 2.74 bits per heavy atom. The van der Waals surface area contributed by atoms with Gasteiger partial charge in [0.2, 0.25) is 5.91 Å². The maximum Gasteiger partial charge on any atom is 0.312 e. The van der Waals surface area contributed by atoms with E-state index >= 15 is 0 Å². The van der Waals surface area contributed by atoms with Crippen LogP contribution in [0.5, 0.6) is 0 Å². The van der Waals surface area contributed by atoms with Gasteiger partial charge in [0, 0.05) is 24.9 Å². The lowest BCUT2D eigenvalue weighted by molar-refractivity contribution is -0.130. The van der Waals surface area contributed by atoms with E-state index in [0.717, 1.165) is 21.5 Å². The molecular formula is C12H18BrN3O2S. The van der Waals surface area contributed by atoms with Crippen LogP contribution in [0.25, 0.3) is 0 Å². The van der Waals surface area contributed by atoms with Gasteiger partial charge in [-0.2, -0.15) is 0 Å². The normalized spacial score (nSPS) is 10.2. The molecule has 0 aliphatic rings. The number of carbonyl (C=O) groups excluding carboxylic acids is 2. The van der Waals surface area contributed by atoms with E-state index in [1.807, 2.05) is 12.1 Å². The molecular weight excluding hydrogens is 330 g/mol. The van der Waals surface area contributed by atoms with Crippen LogP contribution >= 0.6 is 27.3 Å². The molecule has 1 heterocycles. The molecule has 0 radical (unpaired) electrons. The summed E-state index contributed by atoms with van der Waals surface area (Å²) in [5.41, 5.74) is 4.94. The van der Waals surface area contributed by atoms with E-state index < -0.39 is 6.03 Å². The van der Waals surface area contributed by atoms with E-state index in [1.165, 1.54) is 0 Å². The predicted octanol–water partition coefficient (Wildman–Crippen LogP) is 2.31. The van der Waals surface area contributed by atoms with Crippen LogP contribution in [-0.4, -0.2) is 30.4 Å². The number of nitrogens with zero attached hydrogens (tertiary/aromatic N) is 1. The topological polar surface area (TPSA) is 75.4 Å². The van der Waals surface area contributed by atoms with Gasteiger partial charge in [-0.05, 0) is 40.9 Å². The summed E-state index contributed by atoms with van der Waals surface area (Å²) in [5, 5.41) is 2.50. The fourth-order valence-electron chi connectivity index (χ4n) is 1.56. The van der Waals surface area contributed by atoms with Crippen molar-refractivity contribution < 1.29 is 9.59 Å². The van der Waals surface area contributed by atoms with Crippen molar-refractivity contribution >= 4 is 39.2 Å². The molecule has 19 heavy (non-hydrogen) atoms. The highest BCUT2D eigenvalue weighted by atomic mass is 79.9. The first kappa shape index (κ1) is 16.0. The maximum atomic E-state index is 11.9. The number of urea groups is 1. The lowest BCUT2D eigenvalue weighted by Crippen LogP contribution is -2.30. The van der Waals surface area contributed by atoms with Crippen molar-refractivity contribution in [3.63, 3.8) is 0 Å². The summed E-state index contributed by atoms with van der Waals surface area (Å²) in [7, 11) is 1.80. The van der Waals surface area contributed by atoms with Gasteiger partial charge in [0.25, 0.3) is 0 Å². The van der Waals surface area contributed by atoms with Crippen LogP contribution in [0.2, 0.25) is 0 Å². The molecule has 0 fully saturated rings. The molecule has 0 bridgehead atoms. The maximum absolute atomic E-state index is 11.9. The number of hydrogen-bond donors (Lipinski definition) is 2. The molecule has 3 amide bonds. The van der Waals surface area contributed by atoms with E-state index in [0.29, 0.717) is 19.5 Å². The largest absolute Gasteiger partial charge is 0.352 e. The molecule has 7 heteroatoms.